The first-order chi connectivity index (χ1) is 10.5. The van der Waals surface area contributed by atoms with Crippen LogP contribution >= 0.6 is 0 Å². The molecule has 0 saturated heterocycles. The van der Waals surface area contributed by atoms with E-state index in [2.05, 4.69) is 0 Å². The van der Waals surface area contributed by atoms with Crippen LogP contribution in [-0.2, 0) is 9.84 Å². The predicted molar refractivity (Wildman–Crippen MR) is 90.1 cm³/mol. The van der Waals surface area contributed by atoms with E-state index in [0.717, 1.165) is 5.56 Å². The highest BCUT2D eigenvalue weighted by Crippen LogP contribution is 2.37. The number of hydrogen-bond donors (Lipinski definition) is 2. The van der Waals surface area contributed by atoms with Crippen LogP contribution in [0.25, 0.3) is 0 Å². The third-order valence-electron chi connectivity index (χ3n) is 4.58. The lowest BCUT2D eigenvalue weighted by Crippen LogP contribution is -2.10. The summed E-state index contributed by atoms with van der Waals surface area (Å²) in [6, 6.07) is 3.06. The molecule has 2 aromatic carbocycles. The highest BCUT2D eigenvalue weighted by atomic mass is 32.2. The zero-order chi connectivity index (χ0) is 17.7. The lowest BCUT2D eigenvalue weighted by atomic mass is 10.1. The summed E-state index contributed by atoms with van der Waals surface area (Å²) in [6.45, 7) is 10.2. The molecule has 124 valence electrons. The van der Waals surface area contributed by atoms with Gasteiger partial charge >= 0.3 is 0 Å². The van der Waals surface area contributed by atoms with Crippen molar-refractivity contribution in [1.29, 1.82) is 0 Å². The highest BCUT2D eigenvalue weighted by Gasteiger charge is 2.28. The molecule has 2 N–H and O–H groups in total. The maximum Gasteiger partial charge on any atom is 0.207 e. The van der Waals surface area contributed by atoms with Crippen LogP contribution in [-0.4, -0.2) is 18.6 Å². The Bertz CT molecular complexity index is 910. The third kappa shape index (κ3) is 2.59. The molecule has 23 heavy (non-hydrogen) atoms. The van der Waals surface area contributed by atoms with Gasteiger partial charge in [0.15, 0.2) is 0 Å². The Balaban J connectivity index is 2.88. The number of hydrogen-bond acceptors (Lipinski definition) is 4. The van der Waals surface area contributed by atoms with Gasteiger partial charge in [-0.2, -0.15) is 0 Å². The second-order valence-electron chi connectivity index (χ2n) is 6.09. The fourth-order valence-corrected chi connectivity index (χ4v) is 4.93. The molecule has 0 aromatic heterocycles. The summed E-state index contributed by atoms with van der Waals surface area (Å²) < 4.78 is 26.4. The molecule has 0 aliphatic heterocycles. The molecule has 0 amide bonds. The van der Waals surface area contributed by atoms with Crippen LogP contribution in [0.1, 0.15) is 33.4 Å². The van der Waals surface area contributed by atoms with Crippen LogP contribution in [0.2, 0.25) is 0 Å². The third-order valence-corrected chi connectivity index (χ3v) is 6.74. The molecule has 0 bridgehead atoms. The Morgan fingerprint density at radius 2 is 1.30 bits per heavy atom. The molecule has 0 fully saturated rings. The molecule has 4 nitrogen and oxygen atoms in total. The van der Waals surface area contributed by atoms with E-state index >= 15 is 0 Å². The summed E-state index contributed by atoms with van der Waals surface area (Å²) in [6.07, 6.45) is 0. The Morgan fingerprint density at radius 1 is 0.739 bits per heavy atom. The van der Waals surface area contributed by atoms with E-state index in [-0.39, 0.29) is 21.3 Å². The van der Waals surface area contributed by atoms with Crippen molar-refractivity contribution >= 4 is 9.84 Å². The van der Waals surface area contributed by atoms with Gasteiger partial charge in [0.25, 0.3) is 0 Å². The van der Waals surface area contributed by atoms with Crippen LogP contribution in [0, 0.1) is 41.5 Å². The first-order valence-electron chi connectivity index (χ1n) is 7.34. The normalized spacial score (nSPS) is 11.7. The minimum Gasteiger partial charge on any atom is -0.508 e. The topological polar surface area (TPSA) is 74.6 Å². The largest absolute Gasteiger partial charge is 0.508 e. The molecule has 0 atom stereocenters. The van der Waals surface area contributed by atoms with E-state index in [4.69, 9.17) is 0 Å². The van der Waals surface area contributed by atoms with Gasteiger partial charge in [-0.3, -0.25) is 0 Å². The van der Waals surface area contributed by atoms with E-state index in [9.17, 15) is 18.6 Å². The van der Waals surface area contributed by atoms with Crippen LogP contribution in [0.4, 0.5) is 0 Å². The van der Waals surface area contributed by atoms with Gasteiger partial charge in [-0.1, -0.05) is 0 Å². The minimum absolute atomic E-state index is 0.00869. The van der Waals surface area contributed by atoms with Crippen LogP contribution < -0.4 is 0 Å². The number of aromatic hydroxyl groups is 2. The lowest BCUT2D eigenvalue weighted by molar-refractivity contribution is 0.463. The van der Waals surface area contributed by atoms with Crippen molar-refractivity contribution < 1.29 is 18.6 Å². The van der Waals surface area contributed by atoms with Crippen molar-refractivity contribution in [1.82, 2.24) is 0 Å². The van der Waals surface area contributed by atoms with Crippen molar-refractivity contribution in [2.24, 2.45) is 0 Å². The molecule has 2 rings (SSSR count). The Labute approximate surface area is 137 Å². The number of benzene rings is 2. The molecular formula is C18H22O4S. The SMILES string of the molecule is Cc1cc(S(=O)(=O)c2c(C)cc(O)c(C)c2C)c(C)c(O)c1C. The van der Waals surface area contributed by atoms with E-state index < -0.39 is 9.84 Å². The van der Waals surface area contributed by atoms with Gasteiger partial charge in [0, 0.05) is 5.56 Å². The highest BCUT2D eigenvalue weighted by molar-refractivity contribution is 7.91. The Hall–Kier alpha value is -2.01. The molecule has 0 aliphatic rings. The number of rotatable bonds is 2. The zero-order valence-corrected chi connectivity index (χ0v) is 15.1. The molecule has 2 aromatic rings. The summed E-state index contributed by atoms with van der Waals surface area (Å²) in [5.74, 6) is 0.0907. The number of phenols is 2. The fourth-order valence-electron chi connectivity index (χ4n) is 2.84. The molecule has 5 heteroatoms. The first-order valence-corrected chi connectivity index (χ1v) is 8.83. The van der Waals surface area contributed by atoms with E-state index in [1.807, 2.05) is 0 Å². The lowest BCUT2D eigenvalue weighted by Gasteiger charge is -2.18. The van der Waals surface area contributed by atoms with E-state index in [0.29, 0.717) is 27.8 Å². The fraction of sp³-hybridized carbons (Fsp3) is 0.333. The smallest absolute Gasteiger partial charge is 0.207 e. The van der Waals surface area contributed by atoms with E-state index in [1.54, 1.807) is 47.6 Å². The monoisotopic (exact) mass is 334 g/mol. The van der Waals surface area contributed by atoms with E-state index in [1.165, 1.54) is 6.07 Å². The number of sulfone groups is 1. The number of phenolic OH excluding ortho intramolecular Hbond substituents is 2. The summed E-state index contributed by atoms with van der Waals surface area (Å²) in [7, 11) is -3.80. The maximum atomic E-state index is 13.2. The molecule has 0 heterocycles. The van der Waals surface area contributed by atoms with Crippen molar-refractivity contribution in [2.75, 3.05) is 0 Å². The molecule has 0 unspecified atom stereocenters. The first kappa shape index (κ1) is 17.3. The van der Waals surface area contributed by atoms with Gasteiger partial charge in [-0.25, -0.2) is 8.42 Å². The standard InChI is InChI=1S/C18H22O4S/c1-9-8-16(14(6)17(20)11(9)3)23(21,22)18-10(2)7-15(19)12(4)13(18)5/h7-8,19-20H,1-6H3. The van der Waals surface area contributed by atoms with Crippen molar-refractivity contribution in [3.8, 4) is 11.5 Å². The summed E-state index contributed by atoms with van der Waals surface area (Å²) in [5, 5.41) is 20.1. The van der Waals surface area contributed by atoms with Gasteiger partial charge in [-0.15, -0.1) is 0 Å². The van der Waals surface area contributed by atoms with Gasteiger partial charge < -0.3 is 10.2 Å². The predicted octanol–water partition coefficient (Wildman–Crippen LogP) is 3.78. The van der Waals surface area contributed by atoms with Gasteiger partial charge in [0.05, 0.1) is 9.79 Å². The van der Waals surface area contributed by atoms with Crippen molar-refractivity contribution in [3.05, 3.63) is 45.5 Å². The summed E-state index contributed by atoms with van der Waals surface area (Å²) >= 11 is 0. The molecule has 0 radical (unpaired) electrons. The second kappa shape index (κ2) is 5.57. The minimum atomic E-state index is -3.80. The average molecular weight is 334 g/mol. The second-order valence-corrected chi connectivity index (χ2v) is 7.94. The molecule has 0 aliphatic carbocycles. The quantitative estimate of drug-likeness (QED) is 0.876. The van der Waals surface area contributed by atoms with Gasteiger partial charge in [-0.05, 0) is 81.5 Å². The Kier molecular flexibility index (Phi) is 4.20. The number of aryl methyl sites for hydroxylation is 2. The van der Waals surface area contributed by atoms with Crippen LogP contribution in [0.15, 0.2) is 21.9 Å². The van der Waals surface area contributed by atoms with Gasteiger partial charge in [0.1, 0.15) is 11.5 Å². The van der Waals surface area contributed by atoms with Crippen LogP contribution in [0.3, 0.4) is 0 Å². The van der Waals surface area contributed by atoms with Crippen molar-refractivity contribution in [2.45, 2.75) is 51.3 Å². The van der Waals surface area contributed by atoms with Gasteiger partial charge in [0.2, 0.25) is 9.84 Å². The Morgan fingerprint density at radius 3 is 1.87 bits per heavy atom. The summed E-state index contributed by atoms with van der Waals surface area (Å²) in [5.41, 5.74) is 3.30. The molecular weight excluding hydrogens is 312 g/mol. The average Bonchev–Trinajstić information content (AvgIpc) is 2.46. The maximum absolute atomic E-state index is 13.2. The van der Waals surface area contributed by atoms with Crippen LogP contribution in [0.5, 0.6) is 11.5 Å². The molecule has 0 saturated carbocycles. The van der Waals surface area contributed by atoms with Crippen molar-refractivity contribution in [3.63, 3.8) is 0 Å². The molecule has 0 spiro atoms. The zero-order valence-electron chi connectivity index (χ0n) is 14.3. The summed E-state index contributed by atoms with van der Waals surface area (Å²) in [4.78, 5) is 0.299.